The van der Waals surface area contributed by atoms with E-state index in [9.17, 15) is 5.11 Å². The van der Waals surface area contributed by atoms with Crippen LogP contribution in [0.25, 0.3) is 11.3 Å². The molecule has 0 amide bonds. The lowest BCUT2D eigenvalue weighted by atomic mass is 10.1. The molecule has 78 valence electrons. The molecule has 2 aromatic rings. The first-order chi connectivity index (χ1) is 7.72. The maximum absolute atomic E-state index is 9.51. The summed E-state index contributed by atoms with van der Waals surface area (Å²) in [5.74, 6) is -0.346. The predicted octanol–water partition coefficient (Wildman–Crippen LogP) is 2.01. The Morgan fingerprint density at radius 2 is 1.88 bits per heavy atom. The van der Waals surface area contributed by atoms with Gasteiger partial charge >= 0.3 is 0 Å². The number of aromatic nitrogens is 2. The largest absolute Gasteiger partial charge is 0.492 e. The van der Waals surface area contributed by atoms with Gasteiger partial charge in [-0.3, -0.25) is 0 Å². The van der Waals surface area contributed by atoms with Crippen molar-refractivity contribution in [2.45, 2.75) is 5.16 Å². The second-order valence-electron chi connectivity index (χ2n) is 3.05. The van der Waals surface area contributed by atoms with Gasteiger partial charge in [0.1, 0.15) is 11.6 Å². The highest BCUT2D eigenvalue weighted by Gasteiger charge is 2.13. The molecule has 2 rings (SSSR count). The van der Waals surface area contributed by atoms with Gasteiger partial charge in [0, 0.05) is 5.56 Å². The third-order valence-electron chi connectivity index (χ3n) is 2.04. The zero-order valence-corrected chi connectivity index (χ0v) is 9.02. The molecule has 0 aliphatic rings. The summed E-state index contributed by atoms with van der Waals surface area (Å²) in [7, 11) is 0. The lowest BCUT2D eigenvalue weighted by Crippen LogP contribution is -1.94. The molecule has 0 saturated heterocycles. The minimum atomic E-state index is -0.346. The summed E-state index contributed by atoms with van der Waals surface area (Å²) in [4.78, 5) is 7.66. The summed E-state index contributed by atoms with van der Waals surface area (Å²) in [6.07, 6.45) is 0. The highest BCUT2D eigenvalue weighted by molar-refractivity contribution is 7.80. The monoisotopic (exact) mass is 229 g/mol. The number of benzene rings is 1. The molecule has 1 aromatic carbocycles. The van der Waals surface area contributed by atoms with Crippen LogP contribution >= 0.6 is 12.6 Å². The molecule has 0 radical (unpaired) electrons. The summed E-state index contributed by atoms with van der Waals surface area (Å²) in [6, 6.07) is 11.0. The molecule has 4 nitrogen and oxygen atoms in total. The van der Waals surface area contributed by atoms with E-state index in [1.54, 1.807) is 12.1 Å². The second-order valence-corrected chi connectivity index (χ2v) is 3.45. The third-order valence-corrected chi connectivity index (χ3v) is 2.24. The van der Waals surface area contributed by atoms with Gasteiger partial charge in [0.25, 0.3) is 0 Å². The van der Waals surface area contributed by atoms with Crippen LogP contribution in [0.4, 0.5) is 0 Å². The van der Waals surface area contributed by atoms with Crippen molar-refractivity contribution in [1.29, 1.82) is 5.26 Å². The van der Waals surface area contributed by atoms with Crippen LogP contribution in [-0.2, 0) is 0 Å². The Kier molecular flexibility index (Phi) is 2.75. The van der Waals surface area contributed by atoms with Gasteiger partial charge in [0.15, 0.2) is 5.16 Å². The molecule has 0 fully saturated rings. The van der Waals surface area contributed by atoms with Gasteiger partial charge < -0.3 is 5.11 Å². The van der Waals surface area contributed by atoms with Gasteiger partial charge in [-0.05, 0) is 0 Å². The van der Waals surface area contributed by atoms with Crippen molar-refractivity contribution in [2.24, 2.45) is 0 Å². The van der Waals surface area contributed by atoms with Gasteiger partial charge in [0.2, 0.25) is 5.88 Å². The molecule has 1 N–H and O–H groups in total. The van der Waals surface area contributed by atoms with Crippen LogP contribution in [0.5, 0.6) is 5.88 Å². The molecule has 1 aromatic heterocycles. The molecule has 16 heavy (non-hydrogen) atoms. The van der Waals surface area contributed by atoms with Gasteiger partial charge in [-0.25, -0.2) is 4.98 Å². The first-order valence-corrected chi connectivity index (χ1v) is 4.92. The van der Waals surface area contributed by atoms with Gasteiger partial charge in [-0.2, -0.15) is 10.2 Å². The fraction of sp³-hybridized carbons (Fsp3) is 0. The third kappa shape index (κ3) is 1.83. The number of hydrogen-bond donors (Lipinski definition) is 2. The van der Waals surface area contributed by atoms with Gasteiger partial charge in [-0.15, -0.1) is 12.6 Å². The summed E-state index contributed by atoms with van der Waals surface area (Å²) < 4.78 is 0. The lowest BCUT2D eigenvalue weighted by Gasteiger charge is -2.04. The van der Waals surface area contributed by atoms with Crippen molar-refractivity contribution in [1.82, 2.24) is 9.97 Å². The summed E-state index contributed by atoms with van der Waals surface area (Å²) >= 11 is 3.97. The molecule has 0 atom stereocenters. The highest BCUT2D eigenvalue weighted by Crippen LogP contribution is 2.26. The van der Waals surface area contributed by atoms with Crippen LogP contribution in [0.15, 0.2) is 35.5 Å². The summed E-state index contributed by atoms with van der Waals surface area (Å²) in [5, 5.41) is 18.6. The van der Waals surface area contributed by atoms with Crippen molar-refractivity contribution in [3.8, 4) is 23.2 Å². The molecule has 0 aliphatic carbocycles. The SMILES string of the molecule is N#Cc1c(O)nc(S)nc1-c1ccccc1. The molecule has 5 heteroatoms. The van der Waals surface area contributed by atoms with E-state index >= 15 is 0 Å². The first kappa shape index (κ1) is 10.5. The zero-order valence-electron chi connectivity index (χ0n) is 8.12. The summed E-state index contributed by atoms with van der Waals surface area (Å²) in [6.45, 7) is 0. The minimum Gasteiger partial charge on any atom is -0.492 e. The normalized spacial score (nSPS) is 9.75. The van der Waals surface area contributed by atoms with Gasteiger partial charge in [-0.1, -0.05) is 30.3 Å². The van der Waals surface area contributed by atoms with E-state index in [2.05, 4.69) is 22.6 Å². The summed E-state index contributed by atoms with van der Waals surface area (Å²) in [5.41, 5.74) is 1.19. The smallest absolute Gasteiger partial charge is 0.233 e. The molecular weight excluding hydrogens is 222 g/mol. The molecule has 1 heterocycles. The van der Waals surface area contributed by atoms with Crippen LogP contribution in [0.3, 0.4) is 0 Å². The number of hydrogen-bond acceptors (Lipinski definition) is 5. The number of thiol groups is 1. The predicted molar refractivity (Wildman–Crippen MR) is 61.1 cm³/mol. The maximum Gasteiger partial charge on any atom is 0.233 e. The highest BCUT2D eigenvalue weighted by atomic mass is 32.1. The first-order valence-electron chi connectivity index (χ1n) is 4.48. The Morgan fingerprint density at radius 1 is 1.19 bits per heavy atom. The van der Waals surface area contributed by atoms with E-state index < -0.39 is 0 Å². The molecular formula is C11H7N3OS. The Bertz CT molecular complexity index is 563. The van der Waals surface area contributed by atoms with Crippen molar-refractivity contribution >= 4 is 12.6 Å². The zero-order chi connectivity index (χ0) is 11.5. The fourth-order valence-corrected chi connectivity index (χ4v) is 1.54. The van der Waals surface area contributed by atoms with E-state index in [1.165, 1.54) is 0 Å². The standard InChI is InChI=1S/C11H7N3OS/c12-6-8-9(7-4-2-1-3-5-7)13-11(16)14-10(8)15/h1-5H,(H2,13,14,15,16). The van der Waals surface area contributed by atoms with Crippen molar-refractivity contribution in [3.63, 3.8) is 0 Å². The molecule has 0 bridgehead atoms. The van der Waals surface area contributed by atoms with E-state index in [4.69, 9.17) is 5.26 Å². The van der Waals surface area contributed by atoms with Crippen LogP contribution in [0.1, 0.15) is 5.56 Å². The van der Waals surface area contributed by atoms with E-state index in [1.807, 2.05) is 24.3 Å². The van der Waals surface area contributed by atoms with Crippen molar-refractivity contribution in [2.75, 3.05) is 0 Å². The Balaban J connectivity index is 2.70. The molecule has 0 spiro atoms. The van der Waals surface area contributed by atoms with Crippen LogP contribution in [0.2, 0.25) is 0 Å². The van der Waals surface area contributed by atoms with Crippen LogP contribution in [-0.4, -0.2) is 15.1 Å². The minimum absolute atomic E-state index is 0.0593. The number of nitriles is 1. The van der Waals surface area contributed by atoms with Crippen LogP contribution < -0.4 is 0 Å². The number of aromatic hydroxyl groups is 1. The van der Waals surface area contributed by atoms with Crippen molar-refractivity contribution < 1.29 is 5.11 Å². The lowest BCUT2D eigenvalue weighted by molar-refractivity contribution is 0.444. The Hall–Kier alpha value is -2.06. The number of rotatable bonds is 1. The van der Waals surface area contributed by atoms with Gasteiger partial charge in [0.05, 0.1) is 5.69 Å². The Morgan fingerprint density at radius 3 is 2.50 bits per heavy atom. The average Bonchev–Trinajstić information content (AvgIpc) is 2.29. The second kappa shape index (κ2) is 4.21. The van der Waals surface area contributed by atoms with Crippen molar-refractivity contribution in [3.05, 3.63) is 35.9 Å². The number of nitrogens with zero attached hydrogens (tertiary/aromatic N) is 3. The fourth-order valence-electron chi connectivity index (χ4n) is 1.35. The Labute approximate surface area is 97.6 Å². The quantitative estimate of drug-likeness (QED) is 0.579. The maximum atomic E-state index is 9.51. The molecule has 0 saturated carbocycles. The molecule has 0 aliphatic heterocycles. The average molecular weight is 229 g/mol. The van der Waals surface area contributed by atoms with E-state index in [0.29, 0.717) is 5.69 Å². The van der Waals surface area contributed by atoms with E-state index in [-0.39, 0.29) is 16.6 Å². The van der Waals surface area contributed by atoms with Crippen LogP contribution in [0, 0.1) is 11.3 Å². The van der Waals surface area contributed by atoms with E-state index in [0.717, 1.165) is 5.56 Å². The topological polar surface area (TPSA) is 69.8 Å². The molecule has 0 unspecified atom stereocenters.